The van der Waals surface area contributed by atoms with Crippen LogP contribution in [0.15, 0.2) is 36.4 Å². The summed E-state index contributed by atoms with van der Waals surface area (Å²) in [6.45, 7) is 1.64. The number of benzene rings is 2. The Bertz CT molecular complexity index is 923. The first-order valence-corrected chi connectivity index (χ1v) is 9.01. The molecule has 6 nitrogen and oxygen atoms in total. The van der Waals surface area contributed by atoms with Crippen LogP contribution in [0.1, 0.15) is 13.3 Å². The van der Waals surface area contributed by atoms with Gasteiger partial charge in [0.1, 0.15) is 6.61 Å². The quantitative estimate of drug-likeness (QED) is 0.746. The molecule has 2 amide bonds. The second-order valence-corrected chi connectivity index (χ2v) is 6.40. The van der Waals surface area contributed by atoms with E-state index in [1.54, 1.807) is 24.3 Å². The molecule has 1 N–H and O–H groups in total. The summed E-state index contributed by atoms with van der Waals surface area (Å²) in [6, 6.07) is 8.50. The molecule has 0 saturated heterocycles. The fourth-order valence-electron chi connectivity index (χ4n) is 2.87. The summed E-state index contributed by atoms with van der Waals surface area (Å²) >= 11 is 0. The Hall–Kier alpha value is -3.23. The Morgan fingerprint density at radius 1 is 1.10 bits per heavy atom. The van der Waals surface area contributed by atoms with Gasteiger partial charge in [0, 0.05) is 6.54 Å². The van der Waals surface area contributed by atoms with E-state index in [-0.39, 0.29) is 13.2 Å². The van der Waals surface area contributed by atoms with Crippen molar-refractivity contribution in [3.05, 3.63) is 53.8 Å². The molecule has 2 aromatic rings. The molecule has 29 heavy (non-hydrogen) atoms. The molecule has 0 spiro atoms. The number of rotatable bonds is 6. The number of hydrogen-bond donors (Lipinski definition) is 1. The van der Waals surface area contributed by atoms with Gasteiger partial charge in [-0.15, -0.1) is 0 Å². The number of halogens is 3. The highest BCUT2D eigenvalue weighted by atomic mass is 19.2. The van der Waals surface area contributed by atoms with Gasteiger partial charge in [-0.3, -0.25) is 9.59 Å². The molecule has 2 aromatic carbocycles. The van der Waals surface area contributed by atoms with Crippen LogP contribution in [0.5, 0.6) is 11.5 Å². The molecular formula is C20H19F3N2O4. The van der Waals surface area contributed by atoms with Crippen molar-refractivity contribution in [2.24, 2.45) is 0 Å². The lowest BCUT2D eigenvalue weighted by atomic mass is 10.2. The highest BCUT2D eigenvalue weighted by Crippen LogP contribution is 2.31. The fourth-order valence-corrected chi connectivity index (χ4v) is 2.87. The van der Waals surface area contributed by atoms with Crippen molar-refractivity contribution in [2.75, 3.05) is 25.0 Å². The first-order chi connectivity index (χ1) is 13.9. The third kappa shape index (κ3) is 4.61. The number of amides is 2. The number of hydrogen-bond acceptors (Lipinski definition) is 4. The highest BCUT2D eigenvalue weighted by molar-refractivity contribution is 5.95. The number of nitrogens with zero attached hydrogens (tertiary/aromatic N) is 1. The van der Waals surface area contributed by atoms with Crippen molar-refractivity contribution in [3.63, 3.8) is 0 Å². The molecule has 0 fully saturated rings. The van der Waals surface area contributed by atoms with E-state index in [1.165, 1.54) is 4.90 Å². The summed E-state index contributed by atoms with van der Waals surface area (Å²) in [5, 5.41) is 2.15. The zero-order valence-corrected chi connectivity index (χ0v) is 15.6. The van der Waals surface area contributed by atoms with E-state index in [2.05, 4.69) is 5.32 Å². The van der Waals surface area contributed by atoms with Gasteiger partial charge >= 0.3 is 0 Å². The highest BCUT2D eigenvalue weighted by Gasteiger charge is 2.31. The molecule has 3 rings (SSSR count). The van der Waals surface area contributed by atoms with Gasteiger partial charge in [0.25, 0.3) is 5.91 Å². The molecule has 1 atom stereocenters. The number of fused-ring (bicyclic) bond motifs is 1. The minimum Gasteiger partial charge on any atom is -0.485 e. The summed E-state index contributed by atoms with van der Waals surface area (Å²) in [5.41, 5.74) is -0.510. The van der Waals surface area contributed by atoms with Crippen molar-refractivity contribution < 1.29 is 32.2 Å². The molecule has 1 aliphatic heterocycles. The van der Waals surface area contributed by atoms with Crippen LogP contribution in [-0.2, 0) is 9.59 Å². The number of nitrogens with one attached hydrogen (secondary N) is 1. The fraction of sp³-hybridized carbons (Fsp3) is 0.300. The number of anilines is 1. The molecule has 0 saturated carbocycles. The van der Waals surface area contributed by atoms with Crippen LogP contribution in [0.3, 0.4) is 0 Å². The number of carbonyl (C=O) groups is 2. The van der Waals surface area contributed by atoms with E-state index in [0.29, 0.717) is 24.0 Å². The molecule has 0 radical (unpaired) electrons. The third-order valence-electron chi connectivity index (χ3n) is 4.23. The lowest BCUT2D eigenvalue weighted by Crippen LogP contribution is -2.49. The van der Waals surface area contributed by atoms with Crippen LogP contribution in [-0.4, -0.2) is 42.5 Å². The van der Waals surface area contributed by atoms with Crippen molar-refractivity contribution in [1.82, 2.24) is 4.90 Å². The van der Waals surface area contributed by atoms with Gasteiger partial charge in [-0.1, -0.05) is 19.1 Å². The summed E-state index contributed by atoms with van der Waals surface area (Å²) in [4.78, 5) is 26.3. The van der Waals surface area contributed by atoms with E-state index in [4.69, 9.17) is 9.47 Å². The molecule has 1 aliphatic rings. The first kappa shape index (κ1) is 20.5. The Kier molecular flexibility index (Phi) is 6.26. The molecule has 1 heterocycles. The van der Waals surface area contributed by atoms with E-state index >= 15 is 0 Å². The number of para-hydroxylation sites is 2. The lowest BCUT2D eigenvalue weighted by molar-refractivity contribution is -0.143. The van der Waals surface area contributed by atoms with Gasteiger partial charge < -0.3 is 19.7 Å². The first-order valence-electron chi connectivity index (χ1n) is 9.01. The SMILES string of the molecule is CCCN(CC(=O)Nc1ccc(F)c(F)c1F)C(=O)C1COc2ccccc2O1. The van der Waals surface area contributed by atoms with Crippen LogP contribution in [0.2, 0.25) is 0 Å². The molecule has 0 aliphatic carbocycles. The molecule has 0 bridgehead atoms. The van der Waals surface area contributed by atoms with E-state index in [9.17, 15) is 22.8 Å². The average molecular weight is 408 g/mol. The number of carbonyl (C=O) groups excluding carboxylic acids is 2. The third-order valence-corrected chi connectivity index (χ3v) is 4.23. The Labute approximate surface area is 165 Å². The Morgan fingerprint density at radius 3 is 2.55 bits per heavy atom. The topological polar surface area (TPSA) is 67.9 Å². The predicted octanol–water partition coefficient (Wildman–Crippen LogP) is 3.12. The molecular weight excluding hydrogens is 389 g/mol. The lowest BCUT2D eigenvalue weighted by Gasteiger charge is -2.30. The predicted molar refractivity (Wildman–Crippen MR) is 98.2 cm³/mol. The van der Waals surface area contributed by atoms with Crippen molar-refractivity contribution >= 4 is 17.5 Å². The summed E-state index contributed by atoms with van der Waals surface area (Å²) in [7, 11) is 0. The van der Waals surface area contributed by atoms with Gasteiger partial charge in [-0.25, -0.2) is 13.2 Å². The molecule has 9 heteroatoms. The maximum atomic E-state index is 13.8. The maximum absolute atomic E-state index is 13.8. The van der Waals surface area contributed by atoms with Gasteiger partial charge in [0.2, 0.25) is 12.0 Å². The summed E-state index contributed by atoms with van der Waals surface area (Å²) in [6.07, 6.45) is -0.382. The normalized spacial score (nSPS) is 15.0. The molecule has 154 valence electrons. The monoisotopic (exact) mass is 408 g/mol. The van der Waals surface area contributed by atoms with Gasteiger partial charge in [-0.05, 0) is 30.7 Å². The minimum atomic E-state index is -1.68. The minimum absolute atomic E-state index is 0.0184. The van der Waals surface area contributed by atoms with Crippen LogP contribution >= 0.6 is 0 Å². The van der Waals surface area contributed by atoms with Crippen LogP contribution in [0.25, 0.3) is 0 Å². The van der Waals surface area contributed by atoms with Gasteiger partial charge in [0.15, 0.2) is 29.0 Å². The summed E-state index contributed by atoms with van der Waals surface area (Å²) in [5.74, 6) is -4.84. The van der Waals surface area contributed by atoms with Crippen molar-refractivity contribution in [2.45, 2.75) is 19.4 Å². The zero-order chi connectivity index (χ0) is 21.0. The van der Waals surface area contributed by atoms with Crippen LogP contribution in [0, 0.1) is 17.5 Å². The van der Waals surface area contributed by atoms with Crippen molar-refractivity contribution in [3.8, 4) is 11.5 Å². The second kappa shape index (κ2) is 8.85. The van der Waals surface area contributed by atoms with E-state index in [1.807, 2.05) is 6.92 Å². The van der Waals surface area contributed by atoms with Crippen LogP contribution < -0.4 is 14.8 Å². The van der Waals surface area contributed by atoms with E-state index < -0.39 is 47.6 Å². The van der Waals surface area contributed by atoms with Gasteiger partial charge in [-0.2, -0.15) is 0 Å². The largest absolute Gasteiger partial charge is 0.485 e. The van der Waals surface area contributed by atoms with Gasteiger partial charge in [0.05, 0.1) is 12.2 Å². The summed E-state index contributed by atoms with van der Waals surface area (Å²) < 4.78 is 51.3. The Balaban J connectivity index is 1.67. The Morgan fingerprint density at radius 2 is 1.83 bits per heavy atom. The second-order valence-electron chi connectivity index (χ2n) is 6.40. The smallest absolute Gasteiger partial charge is 0.267 e. The number of ether oxygens (including phenoxy) is 2. The standard InChI is InChI=1S/C20H19F3N2O4/c1-2-9-25(10-17(26)24-13-8-7-12(21)18(22)19(13)23)20(27)16-11-28-14-5-3-4-6-15(14)29-16/h3-8,16H,2,9-11H2,1H3,(H,24,26). The molecule has 0 aromatic heterocycles. The van der Waals surface area contributed by atoms with Crippen molar-refractivity contribution in [1.29, 1.82) is 0 Å². The van der Waals surface area contributed by atoms with E-state index in [0.717, 1.165) is 6.07 Å². The molecule has 1 unspecified atom stereocenters. The van der Waals surface area contributed by atoms with Crippen LogP contribution in [0.4, 0.5) is 18.9 Å². The maximum Gasteiger partial charge on any atom is 0.267 e. The zero-order valence-electron chi connectivity index (χ0n) is 15.6. The average Bonchev–Trinajstić information content (AvgIpc) is 2.73.